The second-order valence-electron chi connectivity index (χ2n) is 6.54. The summed E-state index contributed by atoms with van der Waals surface area (Å²) in [6.07, 6.45) is 3.33. The number of nitrogens with one attached hydrogen (secondary N) is 1. The predicted octanol–water partition coefficient (Wildman–Crippen LogP) is 4.22. The summed E-state index contributed by atoms with van der Waals surface area (Å²) in [7, 11) is 0. The molecule has 1 aliphatic rings. The van der Waals surface area contributed by atoms with Gasteiger partial charge in [0.25, 0.3) is 5.22 Å². The standard InChI is InChI=1S/C18H23ClN4O2S/c1-12-4-3-5-13(2)23(12)17(24)11-26-18-22-21-16(25-18)10-20-15-8-6-14(19)7-9-15/h6-9,12-13,20H,3-5,10-11H2,1-2H3/t12-,13+. The van der Waals surface area contributed by atoms with Gasteiger partial charge in [-0.25, -0.2) is 0 Å². The number of carbonyl (C=O) groups is 1. The third kappa shape index (κ3) is 4.92. The molecule has 2 atom stereocenters. The van der Waals surface area contributed by atoms with Crippen LogP contribution in [0.3, 0.4) is 0 Å². The first-order chi connectivity index (χ1) is 12.5. The molecule has 1 aromatic heterocycles. The molecule has 1 aliphatic heterocycles. The molecule has 140 valence electrons. The topological polar surface area (TPSA) is 71.3 Å². The Morgan fingerprint density at radius 2 is 1.96 bits per heavy atom. The van der Waals surface area contributed by atoms with Crippen LogP contribution in [0.25, 0.3) is 0 Å². The van der Waals surface area contributed by atoms with E-state index >= 15 is 0 Å². The molecule has 6 nitrogen and oxygen atoms in total. The van der Waals surface area contributed by atoms with Crippen LogP contribution in [0.1, 0.15) is 39.0 Å². The van der Waals surface area contributed by atoms with Crippen LogP contribution >= 0.6 is 23.4 Å². The summed E-state index contributed by atoms with van der Waals surface area (Å²) in [5.41, 5.74) is 0.921. The number of anilines is 1. The average molecular weight is 395 g/mol. The lowest BCUT2D eigenvalue weighted by molar-refractivity contribution is -0.134. The quantitative estimate of drug-likeness (QED) is 0.739. The molecule has 26 heavy (non-hydrogen) atoms. The minimum absolute atomic E-state index is 0.133. The van der Waals surface area contributed by atoms with Gasteiger partial charge in [-0.3, -0.25) is 4.79 Å². The van der Waals surface area contributed by atoms with E-state index in [-0.39, 0.29) is 5.91 Å². The Hall–Kier alpha value is -1.73. The van der Waals surface area contributed by atoms with Crippen molar-refractivity contribution in [2.45, 2.75) is 57.0 Å². The normalized spacial score (nSPS) is 20.2. The summed E-state index contributed by atoms with van der Waals surface area (Å²) in [4.78, 5) is 14.5. The van der Waals surface area contributed by atoms with E-state index in [2.05, 4.69) is 29.4 Å². The maximum atomic E-state index is 12.5. The molecule has 0 bridgehead atoms. The number of hydrogen-bond acceptors (Lipinski definition) is 6. The molecule has 1 amide bonds. The van der Waals surface area contributed by atoms with Crippen LogP contribution in [0.15, 0.2) is 33.9 Å². The maximum absolute atomic E-state index is 12.5. The molecule has 1 N–H and O–H groups in total. The smallest absolute Gasteiger partial charge is 0.277 e. The van der Waals surface area contributed by atoms with E-state index in [1.165, 1.54) is 18.2 Å². The second kappa shape index (κ2) is 8.77. The van der Waals surface area contributed by atoms with Crippen molar-refractivity contribution >= 4 is 35.0 Å². The molecule has 0 aliphatic carbocycles. The maximum Gasteiger partial charge on any atom is 0.277 e. The van der Waals surface area contributed by atoms with Gasteiger partial charge in [-0.1, -0.05) is 23.4 Å². The minimum atomic E-state index is 0.133. The third-order valence-electron chi connectivity index (χ3n) is 4.54. The van der Waals surface area contributed by atoms with Gasteiger partial charge < -0.3 is 14.6 Å². The summed E-state index contributed by atoms with van der Waals surface area (Å²) in [6.45, 7) is 4.65. The second-order valence-corrected chi connectivity index (χ2v) is 7.90. The van der Waals surface area contributed by atoms with Crippen LogP contribution < -0.4 is 5.32 Å². The minimum Gasteiger partial charge on any atom is -0.414 e. The van der Waals surface area contributed by atoms with Crippen LogP contribution in [-0.2, 0) is 11.3 Å². The van der Waals surface area contributed by atoms with Gasteiger partial charge in [-0.2, -0.15) is 0 Å². The number of carbonyl (C=O) groups excluding carboxylic acids is 1. The number of nitrogens with zero attached hydrogens (tertiary/aromatic N) is 3. The number of benzene rings is 1. The van der Waals surface area contributed by atoms with Crippen molar-refractivity contribution in [2.24, 2.45) is 0 Å². The molecule has 2 aromatic rings. The lowest BCUT2D eigenvalue weighted by Crippen LogP contribution is -2.48. The Labute approximate surface area is 162 Å². The molecule has 0 radical (unpaired) electrons. The van der Waals surface area contributed by atoms with Gasteiger partial charge in [0.2, 0.25) is 11.8 Å². The summed E-state index contributed by atoms with van der Waals surface area (Å²) >= 11 is 7.16. The fraction of sp³-hybridized carbons (Fsp3) is 0.500. The number of aromatic nitrogens is 2. The van der Waals surface area contributed by atoms with Crippen LogP contribution in [0.4, 0.5) is 5.69 Å². The van der Waals surface area contributed by atoms with Crippen molar-refractivity contribution in [3.63, 3.8) is 0 Å². The molecule has 0 unspecified atom stereocenters. The molecular weight excluding hydrogens is 372 g/mol. The first kappa shape index (κ1) is 19.0. The number of amides is 1. The summed E-state index contributed by atoms with van der Waals surface area (Å²) in [5, 5.41) is 12.3. The van der Waals surface area contributed by atoms with Crippen molar-refractivity contribution in [2.75, 3.05) is 11.1 Å². The Balaban J connectivity index is 1.48. The monoisotopic (exact) mass is 394 g/mol. The van der Waals surface area contributed by atoms with Crippen molar-refractivity contribution in [3.05, 3.63) is 35.2 Å². The van der Waals surface area contributed by atoms with Gasteiger partial charge in [0.05, 0.1) is 12.3 Å². The van der Waals surface area contributed by atoms with E-state index < -0.39 is 0 Å². The van der Waals surface area contributed by atoms with E-state index in [0.29, 0.717) is 40.5 Å². The van der Waals surface area contributed by atoms with E-state index in [1.807, 2.05) is 29.2 Å². The lowest BCUT2D eigenvalue weighted by Gasteiger charge is -2.39. The number of hydrogen-bond donors (Lipinski definition) is 1. The average Bonchev–Trinajstić information content (AvgIpc) is 3.07. The highest BCUT2D eigenvalue weighted by Gasteiger charge is 2.29. The summed E-state index contributed by atoms with van der Waals surface area (Å²) in [5.74, 6) is 0.935. The van der Waals surface area contributed by atoms with E-state index in [1.54, 1.807) is 0 Å². The third-order valence-corrected chi connectivity index (χ3v) is 5.59. The zero-order chi connectivity index (χ0) is 18.5. The van der Waals surface area contributed by atoms with Crippen molar-refractivity contribution in [1.82, 2.24) is 15.1 Å². The van der Waals surface area contributed by atoms with Crippen LogP contribution in [0.2, 0.25) is 5.02 Å². The highest BCUT2D eigenvalue weighted by Crippen LogP contribution is 2.25. The fourth-order valence-corrected chi connectivity index (χ4v) is 4.00. The Kier molecular flexibility index (Phi) is 6.43. The fourth-order valence-electron chi connectivity index (χ4n) is 3.22. The molecule has 2 heterocycles. The predicted molar refractivity (Wildman–Crippen MR) is 103 cm³/mol. The van der Waals surface area contributed by atoms with Gasteiger partial charge in [0, 0.05) is 22.8 Å². The van der Waals surface area contributed by atoms with E-state index in [4.69, 9.17) is 16.0 Å². The summed E-state index contributed by atoms with van der Waals surface area (Å²) in [6, 6.07) is 7.99. The van der Waals surface area contributed by atoms with Gasteiger partial charge >= 0.3 is 0 Å². The first-order valence-electron chi connectivity index (χ1n) is 8.78. The van der Waals surface area contributed by atoms with Gasteiger partial charge in [0.15, 0.2) is 0 Å². The molecule has 3 rings (SSSR count). The highest BCUT2D eigenvalue weighted by atomic mass is 35.5. The molecule has 1 fully saturated rings. The van der Waals surface area contributed by atoms with Crippen molar-refractivity contribution < 1.29 is 9.21 Å². The van der Waals surface area contributed by atoms with Gasteiger partial charge in [0.1, 0.15) is 0 Å². The molecular formula is C18H23ClN4O2S. The number of piperidine rings is 1. The number of likely N-dealkylation sites (tertiary alicyclic amines) is 1. The number of thioether (sulfide) groups is 1. The Bertz CT molecular complexity index is 727. The molecule has 0 spiro atoms. The first-order valence-corrected chi connectivity index (χ1v) is 10.1. The zero-order valence-electron chi connectivity index (χ0n) is 14.9. The lowest BCUT2D eigenvalue weighted by atomic mass is 9.98. The number of halogens is 1. The van der Waals surface area contributed by atoms with Crippen LogP contribution in [-0.4, -0.2) is 38.8 Å². The molecule has 1 saturated heterocycles. The zero-order valence-corrected chi connectivity index (χ0v) is 16.5. The van der Waals surface area contributed by atoms with E-state index in [9.17, 15) is 4.79 Å². The van der Waals surface area contributed by atoms with Crippen molar-refractivity contribution in [1.29, 1.82) is 0 Å². The largest absolute Gasteiger partial charge is 0.414 e. The SMILES string of the molecule is C[C@@H]1CCC[C@H](C)N1C(=O)CSc1nnc(CNc2ccc(Cl)cc2)o1. The Morgan fingerprint density at radius 1 is 1.27 bits per heavy atom. The van der Waals surface area contributed by atoms with Crippen molar-refractivity contribution in [3.8, 4) is 0 Å². The van der Waals surface area contributed by atoms with E-state index in [0.717, 1.165) is 18.5 Å². The van der Waals surface area contributed by atoms with Gasteiger partial charge in [-0.15, -0.1) is 10.2 Å². The molecule has 0 saturated carbocycles. The summed E-state index contributed by atoms with van der Waals surface area (Å²) < 4.78 is 5.60. The number of rotatable bonds is 6. The van der Waals surface area contributed by atoms with Crippen LogP contribution in [0.5, 0.6) is 0 Å². The van der Waals surface area contributed by atoms with Crippen LogP contribution in [0, 0.1) is 0 Å². The van der Waals surface area contributed by atoms with Gasteiger partial charge in [-0.05, 0) is 57.4 Å². The highest BCUT2D eigenvalue weighted by molar-refractivity contribution is 7.99. The molecule has 8 heteroatoms. The molecule has 1 aromatic carbocycles. The Morgan fingerprint density at radius 3 is 2.65 bits per heavy atom.